The zero-order valence-electron chi connectivity index (χ0n) is 8.20. The number of anilines is 1. The van der Waals surface area contributed by atoms with Gasteiger partial charge in [0.25, 0.3) is 0 Å². The van der Waals surface area contributed by atoms with Crippen molar-refractivity contribution in [1.29, 1.82) is 5.26 Å². The molecule has 4 heteroatoms. The van der Waals surface area contributed by atoms with Crippen LogP contribution in [0.15, 0.2) is 12.1 Å². The monoisotopic (exact) mass is 192 g/mol. The van der Waals surface area contributed by atoms with Crippen molar-refractivity contribution in [3.63, 3.8) is 0 Å². The number of hydrogen-bond donors (Lipinski definition) is 1. The summed E-state index contributed by atoms with van der Waals surface area (Å²) in [6.07, 6.45) is 0. The first-order chi connectivity index (χ1) is 6.72. The van der Waals surface area contributed by atoms with Gasteiger partial charge in [-0.2, -0.15) is 5.26 Å². The third kappa shape index (κ3) is 1.88. The Morgan fingerprint density at radius 1 is 1.50 bits per heavy atom. The van der Waals surface area contributed by atoms with Crippen LogP contribution in [0.1, 0.15) is 12.5 Å². The van der Waals surface area contributed by atoms with Crippen molar-refractivity contribution in [2.24, 2.45) is 0 Å². The molecule has 2 N–H and O–H groups in total. The quantitative estimate of drug-likeness (QED) is 0.737. The minimum Gasteiger partial charge on any atom is -0.491 e. The van der Waals surface area contributed by atoms with Crippen molar-refractivity contribution < 1.29 is 9.47 Å². The van der Waals surface area contributed by atoms with E-state index in [4.69, 9.17) is 20.5 Å². The fourth-order valence-corrected chi connectivity index (χ4v) is 1.17. The lowest BCUT2D eigenvalue weighted by molar-refractivity contribution is 0.312. The largest absolute Gasteiger partial charge is 0.491 e. The van der Waals surface area contributed by atoms with Crippen LogP contribution in [0.3, 0.4) is 0 Å². The molecule has 0 heterocycles. The van der Waals surface area contributed by atoms with Gasteiger partial charge in [0.05, 0.1) is 31.0 Å². The van der Waals surface area contributed by atoms with Gasteiger partial charge in [-0.25, -0.2) is 0 Å². The average molecular weight is 192 g/mol. The fourth-order valence-electron chi connectivity index (χ4n) is 1.17. The molecule has 0 aliphatic heterocycles. The number of nitriles is 1. The summed E-state index contributed by atoms with van der Waals surface area (Å²) in [5, 5.41) is 8.72. The summed E-state index contributed by atoms with van der Waals surface area (Å²) >= 11 is 0. The van der Waals surface area contributed by atoms with Crippen LogP contribution in [-0.2, 0) is 0 Å². The van der Waals surface area contributed by atoms with E-state index in [1.165, 1.54) is 7.11 Å². The van der Waals surface area contributed by atoms with Gasteiger partial charge >= 0.3 is 0 Å². The molecule has 0 saturated carbocycles. The van der Waals surface area contributed by atoms with E-state index in [1.807, 2.05) is 13.0 Å². The second kappa shape index (κ2) is 4.38. The highest BCUT2D eigenvalue weighted by molar-refractivity contribution is 5.64. The molecule has 0 unspecified atom stereocenters. The number of benzene rings is 1. The minimum atomic E-state index is 0.412. The number of rotatable bonds is 3. The number of ether oxygens (including phenoxy) is 2. The molecule has 0 saturated heterocycles. The SMILES string of the molecule is CCOc1cc(C#N)cc(N)c1OC. The summed E-state index contributed by atoms with van der Waals surface area (Å²) in [5.74, 6) is 0.984. The van der Waals surface area contributed by atoms with Crippen LogP contribution in [0.5, 0.6) is 11.5 Å². The van der Waals surface area contributed by atoms with Crippen LogP contribution in [0.25, 0.3) is 0 Å². The summed E-state index contributed by atoms with van der Waals surface area (Å²) in [4.78, 5) is 0. The van der Waals surface area contributed by atoms with E-state index < -0.39 is 0 Å². The molecule has 0 aliphatic carbocycles. The average Bonchev–Trinajstić information content (AvgIpc) is 2.18. The standard InChI is InChI=1S/C10H12N2O2/c1-3-14-9-5-7(6-11)4-8(12)10(9)13-2/h4-5H,3,12H2,1-2H3. The maximum atomic E-state index is 8.72. The van der Waals surface area contributed by atoms with Crippen LogP contribution in [0.4, 0.5) is 5.69 Å². The summed E-state index contributed by atoms with van der Waals surface area (Å²) in [6, 6.07) is 5.17. The van der Waals surface area contributed by atoms with Gasteiger partial charge in [0.15, 0.2) is 11.5 Å². The Morgan fingerprint density at radius 2 is 2.21 bits per heavy atom. The van der Waals surface area contributed by atoms with Crippen LogP contribution < -0.4 is 15.2 Å². The van der Waals surface area contributed by atoms with Gasteiger partial charge in [-0.1, -0.05) is 0 Å². The highest BCUT2D eigenvalue weighted by Gasteiger charge is 2.09. The van der Waals surface area contributed by atoms with E-state index in [9.17, 15) is 0 Å². The molecule has 4 nitrogen and oxygen atoms in total. The topological polar surface area (TPSA) is 68.3 Å². The number of nitrogens with two attached hydrogens (primary N) is 1. The summed E-state index contributed by atoms with van der Waals surface area (Å²) in [7, 11) is 1.51. The number of hydrogen-bond acceptors (Lipinski definition) is 4. The molecule has 0 fully saturated rings. The number of nitrogen functional groups attached to an aromatic ring is 1. The molecule has 1 aromatic rings. The molecule has 1 rings (SSSR count). The molecule has 1 aromatic carbocycles. The Bertz CT molecular complexity index is 369. The van der Waals surface area contributed by atoms with E-state index in [0.717, 1.165) is 0 Å². The van der Waals surface area contributed by atoms with Gasteiger partial charge in [0.1, 0.15) is 0 Å². The van der Waals surface area contributed by atoms with Gasteiger partial charge < -0.3 is 15.2 Å². The Labute approximate surface area is 82.9 Å². The molecule has 0 bridgehead atoms. The van der Waals surface area contributed by atoms with Crippen LogP contribution in [0.2, 0.25) is 0 Å². The predicted molar refractivity (Wildman–Crippen MR) is 53.3 cm³/mol. The maximum Gasteiger partial charge on any atom is 0.183 e. The summed E-state index contributed by atoms with van der Waals surface area (Å²) in [6.45, 7) is 2.36. The van der Waals surface area contributed by atoms with Crippen molar-refractivity contribution in [2.45, 2.75) is 6.92 Å². The van der Waals surface area contributed by atoms with Crippen molar-refractivity contribution in [2.75, 3.05) is 19.5 Å². The van der Waals surface area contributed by atoms with Gasteiger partial charge in [-0.05, 0) is 13.0 Å². The van der Waals surface area contributed by atoms with Crippen molar-refractivity contribution in [1.82, 2.24) is 0 Å². The first-order valence-corrected chi connectivity index (χ1v) is 4.23. The second-order valence-electron chi connectivity index (χ2n) is 2.64. The van der Waals surface area contributed by atoms with E-state index in [2.05, 4.69) is 0 Å². The van der Waals surface area contributed by atoms with Gasteiger partial charge in [0.2, 0.25) is 0 Å². The molecule has 0 atom stereocenters. The van der Waals surface area contributed by atoms with E-state index in [1.54, 1.807) is 12.1 Å². The molecular weight excluding hydrogens is 180 g/mol. The molecule has 74 valence electrons. The van der Waals surface area contributed by atoms with Gasteiger partial charge in [0, 0.05) is 6.07 Å². The normalized spacial score (nSPS) is 9.21. The Hall–Kier alpha value is -1.89. The Balaban J connectivity index is 3.22. The second-order valence-corrected chi connectivity index (χ2v) is 2.64. The van der Waals surface area contributed by atoms with Crippen LogP contribution in [0, 0.1) is 11.3 Å². The maximum absolute atomic E-state index is 8.72. The van der Waals surface area contributed by atoms with E-state index in [-0.39, 0.29) is 0 Å². The smallest absolute Gasteiger partial charge is 0.183 e. The summed E-state index contributed by atoms with van der Waals surface area (Å²) in [5.41, 5.74) is 6.56. The van der Waals surface area contributed by atoms with Crippen LogP contribution in [-0.4, -0.2) is 13.7 Å². The molecule has 0 spiro atoms. The fraction of sp³-hybridized carbons (Fsp3) is 0.300. The molecule has 0 aliphatic rings. The van der Waals surface area contributed by atoms with E-state index >= 15 is 0 Å². The summed E-state index contributed by atoms with van der Waals surface area (Å²) < 4.78 is 10.4. The highest BCUT2D eigenvalue weighted by atomic mass is 16.5. The predicted octanol–water partition coefficient (Wildman–Crippen LogP) is 1.55. The Morgan fingerprint density at radius 3 is 2.71 bits per heavy atom. The first kappa shape index (κ1) is 10.2. The van der Waals surface area contributed by atoms with Gasteiger partial charge in [-0.15, -0.1) is 0 Å². The van der Waals surface area contributed by atoms with Gasteiger partial charge in [-0.3, -0.25) is 0 Å². The third-order valence-corrected chi connectivity index (χ3v) is 1.72. The third-order valence-electron chi connectivity index (χ3n) is 1.72. The highest BCUT2D eigenvalue weighted by Crippen LogP contribution is 2.34. The lowest BCUT2D eigenvalue weighted by Gasteiger charge is -2.11. The number of methoxy groups -OCH3 is 1. The van der Waals surface area contributed by atoms with Crippen molar-refractivity contribution in [3.05, 3.63) is 17.7 Å². The lowest BCUT2D eigenvalue weighted by Crippen LogP contribution is -1.99. The molecule has 0 aromatic heterocycles. The zero-order chi connectivity index (χ0) is 10.6. The van der Waals surface area contributed by atoms with E-state index in [0.29, 0.717) is 29.4 Å². The number of nitrogens with zero attached hydrogens (tertiary/aromatic N) is 1. The Kier molecular flexibility index (Phi) is 3.19. The lowest BCUT2D eigenvalue weighted by atomic mass is 10.2. The van der Waals surface area contributed by atoms with Crippen LogP contribution >= 0.6 is 0 Å². The van der Waals surface area contributed by atoms with Crippen molar-refractivity contribution >= 4 is 5.69 Å². The van der Waals surface area contributed by atoms with Crippen molar-refractivity contribution in [3.8, 4) is 17.6 Å². The molecule has 14 heavy (non-hydrogen) atoms. The molecule has 0 radical (unpaired) electrons. The minimum absolute atomic E-state index is 0.412. The molecule has 0 amide bonds. The molecular formula is C10H12N2O2. The first-order valence-electron chi connectivity index (χ1n) is 4.23. The zero-order valence-corrected chi connectivity index (χ0v) is 8.20.